The summed E-state index contributed by atoms with van der Waals surface area (Å²) in [4.78, 5) is 17.4. The number of aryl methyl sites for hydroxylation is 1. The first-order chi connectivity index (χ1) is 14.6. The van der Waals surface area contributed by atoms with Gasteiger partial charge in [-0.05, 0) is 37.1 Å². The van der Waals surface area contributed by atoms with Crippen LogP contribution in [-0.2, 0) is 0 Å². The second kappa shape index (κ2) is 8.32. The van der Waals surface area contributed by atoms with E-state index in [9.17, 15) is 0 Å². The van der Waals surface area contributed by atoms with E-state index in [1.54, 1.807) is 14.2 Å². The predicted octanol–water partition coefficient (Wildman–Crippen LogP) is 4.59. The fourth-order valence-electron chi connectivity index (χ4n) is 3.41. The van der Waals surface area contributed by atoms with Gasteiger partial charge >= 0.3 is 0 Å². The largest absolute Gasteiger partial charge is 0.493 e. The number of nitrogens with one attached hydrogen (secondary N) is 1. The lowest BCUT2D eigenvalue weighted by atomic mass is 10.0. The Bertz CT molecular complexity index is 1180. The number of benzene rings is 2. The minimum absolute atomic E-state index is 0.0141. The van der Waals surface area contributed by atoms with Crippen molar-refractivity contribution in [2.24, 2.45) is 0 Å². The van der Waals surface area contributed by atoms with E-state index >= 15 is 0 Å². The number of hydrogen-bond acceptors (Lipinski definition) is 7. The van der Waals surface area contributed by atoms with Crippen molar-refractivity contribution in [1.82, 2.24) is 19.9 Å². The van der Waals surface area contributed by atoms with Crippen LogP contribution in [-0.4, -0.2) is 34.2 Å². The summed E-state index contributed by atoms with van der Waals surface area (Å²) in [5.41, 5.74) is 3.97. The highest BCUT2D eigenvalue weighted by Gasteiger charge is 2.15. The number of aromatic nitrogens is 4. The second-order valence-electron chi connectivity index (χ2n) is 6.96. The molecule has 0 amide bonds. The molecule has 30 heavy (non-hydrogen) atoms. The summed E-state index contributed by atoms with van der Waals surface area (Å²) >= 11 is 0. The average molecular weight is 401 g/mol. The van der Waals surface area contributed by atoms with Crippen molar-refractivity contribution in [3.05, 3.63) is 66.5 Å². The lowest BCUT2D eigenvalue weighted by Gasteiger charge is -2.18. The van der Waals surface area contributed by atoms with Crippen molar-refractivity contribution in [2.75, 3.05) is 19.5 Å². The molecule has 0 bridgehead atoms. The van der Waals surface area contributed by atoms with E-state index in [4.69, 9.17) is 9.47 Å². The van der Waals surface area contributed by atoms with Crippen LogP contribution in [0.15, 0.2) is 55.1 Å². The lowest BCUT2D eigenvalue weighted by Crippen LogP contribution is -2.10. The van der Waals surface area contributed by atoms with E-state index in [1.807, 2.05) is 37.5 Å². The van der Waals surface area contributed by atoms with Crippen LogP contribution in [0.3, 0.4) is 0 Å². The predicted molar refractivity (Wildman–Crippen MR) is 117 cm³/mol. The van der Waals surface area contributed by atoms with Crippen molar-refractivity contribution in [3.63, 3.8) is 0 Å². The maximum atomic E-state index is 5.46. The zero-order valence-electron chi connectivity index (χ0n) is 17.4. The Hall–Kier alpha value is -3.74. The number of hydrogen-bond donors (Lipinski definition) is 1. The first-order valence-electron chi connectivity index (χ1n) is 9.61. The summed E-state index contributed by atoms with van der Waals surface area (Å²) in [6.45, 7) is 3.98. The molecule has 0 saturated heterocycles. The summed E-state index contributed by atoms with van der Waals surface area (Å²) in [6, 6.07) is 12.1. The number of methoxy groups -OCH3 is 2. The molecule has 0 saturated carbocycles. The van der Waals surface area contributed by atoms with Gasteiger partial charge in [-0.3, -0.25) is 0 Å². The summed E-state index contributed by atoms with van der Waals surface area (Å²) in [5, 5.41) is 4.40. The van der Waals surface area contributed by atoms with Gasteiger partial charge in [-0.2, -0.15) is 0 Å². The van der Waals surface area contributed by atoms with Gasteiger partial charge in [0.05, 0.1) is 19.7 Å². The molecule has 0 aliphatic heterocycles. The van der Waals surface area contributed by atoms with Crippen LogP contribution in [0.4, 0.5) is 5.82 Å². The van der Waals surface area contributed by atoms with E-state index < -0.39 is 0 Å². The van der Waals surface area contributed by atoms with Crippen LogP contribution in [0.1, 0.15) is 24.4 Å². The number of ether oxygens (including phenoxy) is 2. The van der Waals surface area contributed by atoms with Crippen molar-refractivity contribution < 1.29 is 9.47 Å². The SMILES string of the molecule is COc1cc2nc(C)nc(N[C@H](C)c3cccc(-c4cncnc4)c3)c2cc1OC. The van der Waals surface area contributed by atoms with Crippen LogP contribution in [0.2, 0.25) is 0 Å². The molecule has 0 aliphatic rings. The molecule has 1 N–H and O–H groups in total. The van der Waals surface area contributed by atoms with Crippen molar-refractivity contribution in [1.29, 1.82) is 0 Å². The molecule has 2 aromatic carbocycles. The minimum Gasteiger partial charge on any atom is -0.493 e. The third kappa shape index (κ3) is 3.87. The molecule has 0 unspecified atom stereocenters. The third-order valence-electron chi connectivity index (χ3n) is 4.95. The van der Waals surface area contributed by atoms with Gasteiger partial charge < -0.3 is 14.8 Å². The van der Waals surface area contributed by atoms with E-state index in [2.05, 4.69) is 50.4 Å². The Labute approximate surface area is 175 Å². The highest BCUT2D eigenvalue weighted by molar-refractivity contribution is 5.92. The zero-order valence-corrected chi connectivity index (χ0v) is 17.4. The highest BCUT2D eigenvalue weighted by Crippen LogP contribution is 2.35. The zero-order chi connectivity index (χ0) is 21.1. The Morgan fingerprint density at radius 3 is 2.37 bits per heavy atom. The second-order valence-corrected chi connectivity index (χ2v) is 6.96. The first kappa shape index (κ1) is 19.6. The van der Waals surface area contributed by atoms with Crippen molar-refractivity contribution in [2.45, 2.75) is 19.9 Å². The molecule has 2 aromatic heterocycles. The molecule has 7 nitrogen and oxygen atoms in total. The fourth-order valence-corrected chi connectivity index (χ4v) is 3.41. The van der Waals surface area contributed by atoms with Crippen molar-refractivity contribution in [3.8, 4) is 22.6 Å². The fraction of sp³-hybridized carbons (Fsp3) is 0.217. The molecular weight excluding hydrogens is 378 g/mol. The maximum Gasteiger partial charge on any atom is 0.162 e. The molecule has 0 radical (unpaired) electrons. The van der Waals surface area contributed by atoms with E-state index in [1.165, 1.54) is 6.33 Å². The minimum atomic E-state index is 0.0141. The summed E-state index contributed by atoms with van der Waals surface area (Å²) < 4.78 is 10.9. The van der Waals surface area contributed by atoms with Gasteiger partial charge in [0.15, 0.2) is 11.5 Å². The van der Waals surface area contributed by atoms with E-state index in [-0.39, 0.29) is 6.04 Å². The van der Waals surface area contributed by atoms with Crippen molar-refractivity contribution >= 4 is 16.7 Å². The highest BCUT2D eigenvalue weighted by atomic mass is 16.5. The standard InChI is InChI=1S/C23H23N5O2/c1-14(16-6-5-7-17(8-16)18-11-24-13-25-12-18)26-23-19-9-21(29-3)22(30-4)10-20(19)27-15(2)28-23/h5-14H,1-4H3,(H,26,27,28)/t14-/m1/s1. The van der Waals surface area contributed by atoms with Crippen LogP contribution in [0.5, 0.6) is 11.5 Å². The van der Waals surface area contributed by atoms with Gasteiger partial charge in [-0.15, -0.1) is 0 Å². The summed E-state index contributed by atoms with van der Waals surface area (Å²) in [5.74, 6) is 2.71. The van der Waals surface area contributed by atoms with Gasteiger partial charge in [0.2, 0.25) is 0 Å². The molecular formula is C23H23N5O2. The molecule has 152 valence electrons. The molecule has 2 heterocycles. The number of anilines is 1. The number of fused-ring (bicyclic) bond motifs is 1. The maximum absolute atomic E-state index is 5.46. The molecule has 4 rings (SSSR count). The third-order valence-corrected chi connectivity index (χ3v) is 4.95. The number of rotatable bonds is 6. The smallest absolute Gasteiger partial charge is 0.162 e. The van der Waals surface area contributed by atoms with Crippen LogP contribution in [0, 0.1) is 6.92 Å². The van der Waals surface area contributed by atoms with Gasteiger partial charge in [0.25, 0.3) is 0 Å². The van der Waals surface area contributed by atoms with E-state index in [0.717, 1.165) is 33.4 Å². The topological polar surface area (TPSA) is 82.1 Å². The monoisotopic (exact) mass is 401 g/mol. The quantitative estimate of drug-likeness (QED) is 0.506. The van der Waals surface area contributed by atoms with Gasteiger partial charge in [0.1, 0.15) is 18.0 Å². The molecule has 1 atom stereocenters. The molecule has 4 aromatic rings. The van der Waals surface area contributed by atoms with Gasteiger partial charge in [0, 0.05) is 35.5 Å². The van der Waals surface area contributed by atoms with Crippen LogP contribution in [0.25, 0.3) is 22.0 Å². The number of nitrogens with zero attached hydrogens (tertiary/aromatic N) is 4. The Morgan fingerprint density at radius 2 is 1.63 bits per heavy atom. The van der Waals surface area contributed by atoms with E-state index in [0.29, 0.717) is 17.3 Å². The van der Waals surface area contributed by atoms with Gasteiger partial charge in [-0.25, -0.2) is 19.9 Å². The van der Waals surface area contributed by atoms with Crippen LogP contribution >= 0.6 is 0 Å². The van der Waals surface area contributed by atoms with Gasteiger partial charge in [-0.1, -0.05) is 18.2 Å². The molecule has 0 aliphatic carbocycles. The van der Waals surface area contributed by atoms with Crippen LogP contribution < -0.4 is 14.8 Å². The Morgan fingerprint density at radius 1 is 0.900 bits per heavy atom. The average Bonchev–Trinajstić information content (AvgIpc) is 2.78. The Balaban J connectivity index is 1.70. The first-order valence-corrected chi connectivity index (χ1v) is 9.61. The normalized spacial score (nSPS) is 11.9. The lowest BCUT2D eigenvalue weighted by molar-refractivity contribution is 0.356. The molecule has 7 heteroatoms. The molecule has 0 fully saturated rings. The molecule has 0 spiro atoms. The summed E-state index contributed by atoms with van der Waals surface area (Å²) in [6.07, 6.45) is 5.15. The summed E-state index contributed by atoms with van der Waals surface area (Å²) in [7, 11) is 3.23. The Kier molecular flexibility index (Phi) is 5.43.